The van der Waals surface area contributed by atoms with Gasteiger partial charge in [0.15, 0.2) is 17.1 Å². The number of nitrogens with zero attached hydrogens (tertiary/aromatic N) is 3. The van der Waals surface area contributed by atoms with Crippen LogP contribution in [-0.2, 0) is 11.8 Å². The van der Waals surface area contributed by atoms with E-state index in [0.717, 1.165) is 27.5 Å². The molecule has 6 nitrogen and oxygen atoms in total. The van der Waals surface area contributed by atoms with Crippen LogP contribution in [0.2, 0.25) is 10.0 Å². The number of rotatable bonds is 7. The number of hydrogen-bond donors (Lipinski definition) is 1. The number of hydrogen-bond acceptors (Lipinski definition) is 5. The van der Waals surface area contributed by atoms with E-state index >= 15 is 0 Å². The molecule has 9 heteroatoms. The minimum Gasteiger partial charge on any atom is -0.483 e. The van der Waals surface area contributed by atoms with Gasteiger partial charge in [-0.05, 0) is 68.7 Å². The van der Waals surface area contributed by atoms with Gasteiger partial charge in [0, 0.05) is 22.8 Å². The van der Waals surface area contributed by atoms with Crippen molar-refractivity contribution in [2.24, 2.45) is 7.05 Å². The van der Waals surface area contributed by atoms with Crippen molar-refractivity contribution >= 4 is 46.6 Å². The molecule has 0 aliphatic rings. The maximum absolute atomic E-state index is 12.4. The monoisotopic (exact) mass is 478 g/mol. The average molecular weight is 479 g/mol. The Morgan fingerprint density at radius 3 is 2.55 bits per heavy atom. The lowest BCUT2D eigenvalue weighted by atomic mass is 10.1. The molecule has 0 fully saturated rings. The summed E-state index contributed by atoms with van der Waals surface area (Å²) in [4.78, 5) is 12.4. The van der Waals surface area contributed by atoms with Gasteiger partial charge >= 0.3 is 0 Å². The fourth-order valence-electron chi connectivity index (χ4n) is 3.10. The lowest BCUT2D eigenvalue weighted by Gasteiger charge is -2.16. The van der Waals surface area contributed by atoms with Gasteiger partial charge in [0.1, 0.15) is 5.75 Å². The molecule has 1 amide bonds. The van der Waals surface area contributed by atoms with Crippen LogP contribution in [0.25, 0.3) is 0 Å². The van der Waals surface area contributed by atoms with E-state index in [-0.39, 0.29) is 17.8 Å². The number of ether oxygens (including phenoxy) is 1. The summed E-state index contributed by atoms with van der Waals surface area (Å²) in [5.41, 5.74) is 3.45. The Morgan fingerprint density at radius 1 is 1.19 bits per heavy atom. The molecule has 31 heavy (non-hydrogen) atoms. The van der Waals surface area contributed by atoms with Gasteiger partial charge in [0.2, 0.25) is 5.91 Å². The predicted molar refractivity (Wildman–Crippen MR) is 127 cm³/mol. The summed E-state index contributed by atoms with van der Waals surface area (Å²) in [7, 11) is 1.86. The van der Waals surface area contributed by atoms with Crippen molar-refractivity contribution in [3.8, 4) is 5.75 Å². The van der Waals surface area contributed by atoms with Crippen LogP contribution in [0.15, 0.2) is 35.5 Å². The SMILES string of the molecule is Cc1cc(OC(C)c2nnc(SCC(=O)Nc3cccc(Cl)c3C)n2C)cc(C)c1Cl. The Kier molecular flexibility index (Phi) is 7.51. The van der Waals surface area contributed by atoms with E-state index in [1.54, 1.807) is 12.1 Å². The molecule has 3 rings (SSSR count). The molecule has 0 aliphatic carbocycles. The number of carbonyl (C=O) groups is 1. The van der Waals surface area contributed by atoms with Gasteiger partial charge < -0.3 is 14.6 Å². The second kappa shape index (κ2) is 9.94. The summed E-state index contributed by atoms with van der Waals surface area (Å²) >= 11 is 13.7. The number of anilines is 1. The van der Waals surface area contributed by atoms with Gasteiger partial charge in [-0.3, -0.25) is 4.79 Å². The van der Waals surface area contributed by atoms with Gasteiger partial charge in [0.05, 0.1) is 5.75 Å². The van der Waals surface area contributed by atoms with Crippen LogP contribution in [0, 0.1) is 20.8 Å². The van der Waals surface area contributed by atoms with Gasteiger partial charge in [-0.15, -0.1) is 10.2 Å². The molecule has 3 aromatic rings. The van der Waals surface area contributed by atoms with Crippen LogP contribution in [0.5, 0.6) is 5.75 Å². The lowest BCUT2D eigenvalue weighted by Crippen LogP contribution is -2.15. The molecule has 1 unspecified atom stereocenters. The van der Waals surface area contributed by atoms with Crippen molar-refractivity contribution in [2.75, 3.05) is 11.1 Å². The highest BCUT2D eigenvalue weighted by Gasteiger charge is 2.19. The van der Waals surface area contributed by atoms with Crippen molar-refractivity contribution in [3.63, 3.8) is 0 Å². The Balaban J connectivity index is 1.63. The van der Waals surface area contributed by atoms with Crippen molar-refractivity contribution in [1.82, 2.24) is 14.8 Å². The van der Waals surface area contributed by atoms with E-state index in [2.05, 4.69) is 15.5 Å². The molecule has 1 heterocycles. The molecule has 164 valence electrons. The van der Waals surface area contributed by atoms with Crippen LogP contribution < -0.4 is 10.1 Å². The zero-order chi connectivity index (χ0) is 22.7. The third-order valence-corrected chi connectivity index (χ3v) is 6.86. The first-order chi connectivity index (χ1) is 14.7. The van der Waals surface area contributed by atoms with Crippen LogP contribution in [-0.4, -0.2) is 26.4 Å². The lowest BCUT2D eigenvalue weighted by molar-refractivity contribution is -0.113. The van der Waals surface area contributed by atoms with Gasteiger partial charge in [-0.25, -0.2) is 0 Å². The quantitative estimate of drug-likeness (QED) is 0.426. The molecule has 0 saturated carbocycles. The van der Waals surface area contributed by atoms with E-state index in [1.165, 1.54) is 11.8 Å². The second-order valence-corrected chi connectivity index (χ2v) is 9.01. The summed E-state index contributed by atoms with van der Waals surface area (Å²) in [5, 5.41) is 13.3. The van der Waals surface area contributed by atoms with Crippen molar-refractivity contribution in [2.45, 2.75) is 39.0 Å². The third kappa shape index (κ3) is 5.53. The van der Waals surface area contributed by atoms with Crippen LogP contribution in [0.3, 0.4) is 0 Å². The molecule has 1 N–H and O–H groups in total. The molecule has 0 radical (unpaired) electrons. The smallest absolute Gasteiger partial charge is 0.234 e. The molecule has 0 spiro atoms. The van der Waals surface area contributed by atoms with E-state index in [1.807, 2.05) is 57.5 Å². The molecule has 2 aromatic carbocycles. The van der Waals surface area contributed by atoms with E-state index in [4.69, 9.17) is 27.9 Å². The second-order valence-electron chi connectivity index (χ2n) is 7.28. The summed E-state index contributed by atoms with van der Waals surface area (Å²) in [6.07, 6.45) is -0.324. The summed E-state index contributed by atoms with van der Waals surface area (Å²) < 4.78 is 7.89. The van der Waals surface area contributed by atoms with Gasteiger partial charge in [0.25, 0.3) is 0 Å². The average Bonchev–Trinajstić information content (AvgIpc) is 3.08. The number of amides is 1. The first kappa shape index (κ1) is 23.4. The third-order valence-electron chi connectivity index (χ3n) is 4.83. The van der Waals surface area contributed by atoms with Crippen molar-refractivity contribution < 1.29 is 9.53 Å². The molecule has 1 aromatic heterocycles. The highest BCUT2D eigenvalue weighted by atomic mass is 35.5. The topological polar surface area (TPSA) is 69.0 Å². The number of halogens is 2. The van der Waals surface area contributed by atoms with E-state index in [9.17, 15) is 4.79 Å². The highest BCUT2D eigenvalue weighted by Crippen LogP contribution is 2.29. The highest BCUT2D eigenvalue weighted by molar-refractivity contribution is 7.99. The summed E-state index contributed by atoms with van der Waals surface area (Å²) in [6, 6.07) is 9.22. The minimum absolute atomic E-state index is 0.142. The number of aromatic nitrogens is 3. The number of nitrogens with one attached hydrogen (secondary N) is 1. The molecule has 0 saturated heterocycles. The summed E-state index contributed by atoms with van der Waals surface area (Å²) in [5.74, 6) is 1.44. The van der Waals surface area contributed by atoms with E-state index in [0.29, 0.717) is 21.7 Å². The standard InChI is InChI=1S/C22H24Cl2N4O2S/c1-12-9-16(10-13(2)20(12)24)30-15(4)21-26-27-22(28(21)5)31-11-19(29)25-18-8-6-7-17(23)14(18)3/h6-10,15H,11H2,1-5H3,(H,25,29). The molecule has 1 atom stereocenters. The summed E-state index contributed by atoms with van der Waals surface area (Å²) in [6.45, 7) is 7.66. The van der Waals surface area contributed by atoms with E-state index < -0.39 is 0 Å². The van der Waals surface area contributed by atoms with Gasteiger partial charge in [-0.2, -0.15) is 0 Å². The Morgan fingerprint density at radius 2 is 1.87 bits per heavy atom. The number of carbonyl (C=O) groups excluding carboxylic acids is 1. The number of aryl methyl sites for hydroxylation is 2. The van der Waals surface area contributed by atoms with Crippen molar-refractivity contribution in [1.29, 1.82) is 0 Å². The number of thioether (sulfide) groups is 1. The molecular weight excluding hydrogens is 455 g/mol. The Bertz CT molecular complexity index is 1090. The zero-order valence-electron chi connectivity index (χ0n) is 18.0. The van der Waals surface area contributed by atoms with Crippen molar-refractivity contribution in [3.05, 3.63) is 62.9 Å². The largest absolute Gasteiger partial charge is 0.483 e. The first-order valence-corrected chi connectivity index (χ1v) is 11.4. The Hall–Kier alpha value is -2.22. The normalized spacial score (nSPS) is 12.0. The fraction of sp³-hybridized carbons (Fsp3) is 0.318. The number of benzene rings is 2. The first-order valence-electron chi connectivity index (χ1n) is 9.67. The van der Waals surface area contributed by atoms with Crippen LogP contribution in [0.4, 0.5) is 5.69 Å². The Labute approximate surface area is 196 Å². The fourth-order valence-corrected chi connectivity index (χ4v) is 4.10. The molecule has 0 aliphatic heterocycles. The molecule has 0 bridgehead atoms. The maximum atomic E-state index is 12.4. The predicted octanol–water partition coefficient (Wildman–Crippen LogP) is 5.92. The maximum Gasteiger partial charge on any atom is 0.234 e. The minimum atomic E-state index is -0.324. The van der Waals surface area contributed by atoms with Crippen LogP contribution >= 0.6 is 35.0 Å². The van der Waals surface area contributed by atoms with Crippen LogP contribution in [0.1, 0.15) is 35.5 Å². The zero-order valence-corrected chi connectivity index (χ0v) is 20.3. The molecular formula is C22H24Cl2N4O2S. The van der Waals surface area contributed by atoms with Gasteiger partial charge in [-0.1, -0.05) is 41.0 Å².